The first-order valence-electron chi connectivity index (χ1n) is 6.72. The van der Waals surface area contributed by atoms with Crippen LogP contribution in [-0.4, -0.2) is 23.8 Å². The van der Waals surface area contributed by atoms with E-state index in [1.165, 1.54) is 18.4 Å². The standard InChI is InChI=1S/C15H22BrNO/c1-10(9-18)11(2)17-15-7-13(8-15)12-3-5-14(16)6-4-12/h3-6,10-11,13,15,17-18H,7-9H2,1-2H3. The molecule has 3 heteroatoms. The van der Waals surface area contributed by atoms with Crippen LogP contribution >= 0.6 is 15.9 Å². The summed E-state index contributed by atoms with van der Waals surface area (Å²) in [4.78, 5) is 0. The lowest BCUT2D eigenvalue weighted by molar-refractivity contribution is 0.180. The van der Waals surface area contributed by atoms with Gasteiger partial charge < -0.3 is 10.4 Å². The molecule has 1 aliphatic rings. The molecule has 2 N–H and O–H groups in total. The van der Waals surface area contributed by atoms with E-state index >= 15 is 0 Å². The summed E-state index contributed by atoms with van der Waals surface area (Å²) in [5.41, 5.74) is 1.44. The van der Waals surface area contributed by atoms with Crippen molar-refractivity contribution >= 4 is 15.9 Å². The number of hydrogen-bond acceptors (Lipinski definition) is 2. The number of nitrogens with one attached hydrogen (secondary N) is 1. The summed E-state index contributed by atoms with van der Waals surface area (Å²) in [5, 5.41) is 12.7. The van der Waals surface area contributed by atoms with Crippen molar-refractivity contribution in [2.45, 2.75) is 44.7 Å². The van der Waals surface area contributed by atoms with E-state index in [1.807, 2.05) is 0 Å². The van der Waals surface area contributed by atoms with Gasteiger partial charge in [0.15, 0.2) is 0 Å². The van der Waals surface area contributed by atoms with Gasteiger partial charge in [-0.05, 0) is 49.3 Å². The molecule has 0 aromatic heterocycles. The highest BCUT2D eigenvalue weighted by Crippen LogP contribution is 2.37. The highest BCUT2D eigenvalue weighted by Gasteiger charge is 2.31. The average Bonchev–Trinajstić information content (AvgIpc) is 2.33. The quantitative estimate of drug-likeness (QED) is 0.874. The lowest BCUT2D eigenvalue weighted by atomic mass is 9.75. The lowest BCUT2D eigenvalue weighted by Gasteiger charge is -2.39. The summed E-state index contributed by atoms with van der Waals surface area (Å²) in [6.07, 6.45) is 2.42. The SMILES string of the molecule is CC(CO)C(C)NC1CC(c2ccc(Br)cc2)C1. The maximum atomic E-state index is 9.12. The summed E-state index contributed by atoms with van der Waals surface area (Å²) < 4.78 is 1.14. The molecule has 0 bridgehead atoms. The van der Waals surface area contributed by atoms with Crippen LogP contribution in [0.3, 0.4) is 0 Å². The highest BCUT2D eigenvalue weighted by atomic mass is 79.9. The molecule has 0 radical (unpaired) electrons. The third-order valence-electron chi connectivity index (χ3n) is 4.12. The van der Waals surface area contributed by atoms with Crippen molar-refractivity contribution in [1.82, 2.24) is 5.32 Å². The zero-order chi connectivity index (χ0) is 13.1. The molecule has 2 nitrogen and oxygen atoms in total. The minimum atomic E-state index is 0.261. The van der Waals surface area contributed by atoms with Crippen LogP contribution in [0.1, 0.15) is 38.2 Å². The van der Waals surface area contributed by atoms with E-state index in [2.05, 4.69) is 59.4 Å². The monoisotopic (exact) mass is 311 g/mol. The van der Waals surface area contributed by atoms with Crippen molar-refractivity contribution in [2.75, 3.05) is 6.61 Å². The van der Waals surface area contributed by atoms with Gasteiger partial charge in [-0.3, -0.25) is 0 Å². The molecule has 0 spiro atoms. The van der Waals surface area contributed by atoms with Crippen LogP contribution in [-0.2, 0) is 0 Å². The minimum Gasteiger partial charge on any atom is -0.396 e. The van der Waals surface area contributed by atoms with E-state index in [9.17, 15) is 0 Å². The van der Waals surface area contributed by atoms with Crippen LogP contribution in [0, 0.1) is 5.92 Å². The van der Waals surface area contributed by atoms with Crippen LogP contribution < -0.4 is 5.32 Å². The Morgan fingerprint density at radius 1 is 1.28 bits per heavy atom. The van der Waals surface area contributed by atoms with E-state index in [4.69, 9.17) is 5.11 Å². The molecule has 0 amide bonds. The molecule has 2 atom stereocenters. The third kappa shape index (κ3) is 3.34. The Bertz CT molecular complexity index is 373. The van der Waals surface area contributed by atoms with Crippen molar-refractivity contribution < 1.29 is 5.11 Å². The molecular weight excluding hydrogens is 290 g/mol. The molecule has 0 saturated heterocycles. The van der Waals surface area contributed by atoms with Gasteiger partial charge >= 0.3 is 0 Å². The normalized spacial score (nSPS) is 26.4. The molecule has 1 aromatic carbocycles. The summed E-state index contributed by atoms with van der Waals surface area (Å²) >= 11 is 3.47. The predicted molar refractivity (Wildman–Crippen MR) is 78.8 cm³/mol. The van der Waals surface area contributed by atoms with Crippen molar-refractivity contribution in [3.05, 3.63) is 34.3 Å². The topological polar surface area (TPSA) is 32.3 Å². The van der Waals surface area contributed by atoms with Gasteiger partial charge in [-0.1, -0.05) is 35.0 Å². The average molecular weight is 312 g/mol. The molecule has 0 heterocycles. The molecule has 2 rings (SSSR count). The largest absolute Gasteiger partial charge is 0.396 e. The van der Waals surface area contributed by atoms with Gasteiger partial charge in [0, 0.05) is 23.2 Å². The zero-order valence-corrected chi connectivity index (χ0v) is 12.7. The van der Waals surface area contributed by atoms with Gasteiger partial charge in [0.1, 0.15) is 0 Å². The molecule has 1 aromatic rings. The Hall–Kier alpha value is -0.380. The van der Waals surface area contributed by atoms with Crippen molar-refractivity contribution in [3.8, 4) is 0 Å². The zero-order valence-electron chi connectivity index (χ0n) is 11.1. The molecular formula is C15H22BrNO. The first-order valence-corrected chi connectivity index (χ1v) is 7.51. The van der Waals surface area contributed by atoms with E-state index < -0.39 is 0 Å². The van der Waals surface area contributed by atoms with Crippen LogP contribution in [0.5, 0.6) is 0 Å². The number of rotatable bonds is 5. The Morgan fingerprint density at radius 2 is 1.89 bits per heavy atom. The van der Waals surface area contributed by atoms with Crippen molar-refractivity contribution in [3.63, 3.8) is 0 Å². The molecule has 0 aliphatic heterocycles. The molecule has 2 unspecified atom stereocenters. The van der Waals surface area contributed by atoms with Gasteiger partial charge in [-0.15, -0.1) is 0 Å². The van der Waals surface area contributed by atoms with Crippen molar-refractivity contribution in [1.29, 1.82) is 0 Å². The Kier molecular flexibility index (Phi) is 4.82. The summed E-state index contributed by atoms with van der Waals surface area (Å²) in [5.74, 6) is 1.03. The maximum Gasteiger partial charge on any atom is 0.0471 e. The van der Waals surface area contributed by atoms with Gasteiger partial charge in [0.25, 0.3) is 0 Å². The Balaban J connectivity index is 1.78. The van der Waals surface area contributed by atoms with Gasteiger partial charge in [0.05, 0.1) is 0 Å². The lowest BCUT2D eigenvalue weighted by Crippen LogP contribution is -2.47. The molecule has 1 fully saturated rings. The number of halogens is 1. The van der Waals surface area contributed by atoms with Crippen LogP contribution in [0.15, 0.2) is 28.7 Å². The molecule has 1 aliphatic carbocycles. The van der Waals surface area contributed by atoms with Gasteiger partial charge in [-0.25, -0.2) is 0 Å². The minimum absolute atomic E-state index is 0.261. The molecule has 1 saturated carbocycles. The predicted octanol–water partition coefficient (Wildman–Crippen LogP) is 3.30. The first kappa shape index (κ1) is 14.0. The van der Waals surface area contributed by atoms with E-state index in [-0.39, 0.29) is 6.61 Å². The highest BCUT2D eigenvalue weighted by molar-refractivity contribution is 9.10. The van der Waals surface area contributed by atoms with Crippen LogP contribution in [0.2, 0.25) is 0 Å². The smallest absolute Gasteiger partial charge is 0.0471 e. The number of hydrogen-bond donors (Lipinski definition) is 2. The molecule has 18 heavy (non-hydrogen) atoms. The van der Waals surface area contributed by atoms with Gasteiger partial charge in [0.2, 0.25) is 0 Å². The number of aliphatic hydroxyl groups is 1. The Morgan fingerprint density at radius 3 is 2.44 bits per heavy atom. The first-order chi connectivity index (χ1) is 8.60. The van der Waals surface area contributed by atoms with Gasteiger partial charge in [-0.2, -0.15) is 0 Å². The molecule has 100 valence electrons. The second-order valence-corrected chi connectivity index (χ2v) is 6.45. The second-order valence-electron chi connectivity index (χ2n) is 5.53. The van der Waals surface area contributed by atoms with Crippen molar-refractivity contribution in [2.24, 2.45) is 5.92 Å². The maximum absolute atomic E-state index is 9.12. The number of aliphatic hydroxyl groups excluding tert-OH is 1. The fourth-order valence-corrected chi connectivity index (χ4v) is 2.72. The van der Waals surface area contributed by atoms with E-state index in [0.29, 0.717) is 23.9 Å². The third-order valence-corrected chi connectivity index (χ3v) is 4.65. The summed E-state index contributed by atoms with van der Waals surface area (Å²) in [6.45, 7) is 4.51. The summed E-state index contributed by atoms with van der Waals surface area (Å²) in [6, 6.07) is 9.67. The summed E-state index contributed by atoms with van der Waals surface area (Å²) in [7, 11) is 0. The van der Waals surface area contributed by atoms with E-state index in [0.717, 1.165) is 4.47 Å². The van der Waals surface area contributed by atoms with E-state index in [1.54, 1.807) is 0 Å². The Labute approximate surface area is 118 Å². The second kappa shape index (κ2) is 6.18. The fraction of sp³-hybridized carbons (Fsp3) is 0.600. The van der Waals surface area contributed by atoms with Crippen LogP contribution in [0.25, 0.3) is 0 Å². The van der Waals surface area contributed by atoms with Crippen LogP contribution in [0.4, 0.5) is 0 Å². The number of benzene rings is 1. The fourth-order valence-electron chi connectivity index (χ4n) is 2.46.